The zero-order chi connectivity index (χ0) is 14.5. The molecular weight excluding hydrogens is 262 g/mol. The van der Waals surface area contributed by atoms with Crippen molar-refractivity contribution >= 4 is 11.9 Å². The molecule has 1 aliphatic rings. The number of carboxylic acid groups (broad SMARTS) is 1. The number of benzene rings is 1. The lowest BCUT2D eigenvalue weighted by Crippen LogP contribution is -2.47. The molecule has 1 aliphatic heterocycles. The third-order valence-electron chi connectivity index (χ3n) is 3.16. The van der Waals surface area contributed by atoms with Gasteiger partial charge in [0.1, 0.15) is 11.8 Å². The van der Waals surface area contributed by atoms with Gasteiger partial charge in [0.2, 0.25) is 0 Å². The van der Waals surface area contributed by atoms with Crippen molar-refractivity contribution in [2.45, 2.75) is 25.0 Å². The zero-order valence-electron chi connectivity index (χ0n) is 11.2. The highest BCUT2D eigenvalue weighted by molar-refractivity contribution is 5.87. The SMILES string of the molecule is COCC[C@@H](NC(=O)[C@H]1Cc2ccccc2O1)C(=O)O. The first-order valence-corrected chi connectivity index (χ1v) is 6.38. The van der Waals surface area contributed by atoms with Crippen LogP contribution in [0.2, 0.25) is 0 Å². The van der Waals surface area contributed by atoms with E-state index in [-0.39, 0.29) is 13.0 Å². The number of aliphatic carboxylic acids is 1. The Morgan fingerprint density at radius 2 is 2.25 bits per heavy atom. The van der Waals surface area contributed by atoms with Gasteiger partial charge >= 0.3 is 5.97 Å². The molecule has 0 aromatic heterocycles. The van der Waals surface area contributed by atoms with Crippen LogP contribution in [0, 0.1) is 0 Å². The van der Waals surface area contributed by atoms with Gasteiger partial charge in [-0.25, -0.2) is 4.79 Å². The number of rotatable bonds is 6. The third kappa shape index (κ3) is 3.27. The van der Waals surface area contributed by atoms with Crippen molar-refractivity contribution in [2.24, 2.45) is 0 Å². The number of carboxylic acids is 1. The number of nitrogens with one attached hydrogen (secondary N) is 1. The van der Waals surface area contributed by atoms with Gasteiger partial charge in [-0.05, 0) is 11.6 Å². The first kappa shape index (κ1) is 14.3. The maximum Gasteiger partial charge on any atom is 0.326 e. The summed E-state index contributed by atoms with van der Waals surface area (Å²) in [5.74, 6) is -0.813. The Morgan fingerprint density at radius 3 is 2.90 bits per heavy atom. The van der Waals surface area contributed by atoms with Crippen molar-refractivity contribution in [3.8, 4) is 5.75 Å². The number of para-hydroxylation sites is 1. The van der Waals surface area contributed by atoms with Crippen molar-refractivity contribution in [3.05, 3.63) is 29.8 Å². The molecule has 1 aromatic carbocycles. The largest absolute Gasteiger partial charge is 0.480 e. The quantitative estimate of drug-likeness (QED) is 0.796. The topological polar surface area (TPSA) is 84.9 Å². The van der Waals surface area contributed by atoms with Gasteiger partial charge in [-0.3, -0.25) is 4.79 Å². The molecule has 0 fully saturated rings. The van der Waals surface area contributed by atoms with E-state index < -0.39 is 24.0 Å². The number of amides is 1. The van der Waals surface area contributed by atoms with Crippen molar-refractivity contribution in [1.29, 1.82) is 0 Å². The second-order valence-corrected chi connectivity index (χ2v) is 4.60. The van der Waals surface area contributed by atoms with Crippen LogP contribution in [0.15, 0.2) is 24.3 Å². The molecule has 0 unspecified atom stereocenters. The first-order valence-electron chi connectivity index (χ1n) is 6.38. The van der Waals surface area contributed by atoms with Crippen LogP contribution >= 0.6 is 0 Å². The minimum Gasteiger partial charge on any atom is -0.480 e. The fourth-order valence-electron chi connectivity index (χ4n) is 2.09. The molecule has 0 aliphatic carbocycles. The molecule has 1 heterocycles. The molecule has 6 nitrogen and oxygen atoms in total. The van der Waals surface area contributed by atoms with Gasteiger partial charge in [0.05, 0.1) is 0 Å². The van der Waals surface area contributed by atoms with Gasteiger partial charge < -0.3 is 19.9 Å². The van der Waals surface area contributed by atoms with Gasteiger partial charge in [0.15, 0.2) is 6.10 Å². The predicted molar refractivity (Wildman–Crippen MR) is 70.6 cm³/mol. The summed E-state index contributed by atoms with van der Waals surface area (Å²) in [6.45, 7) is 0.267. The van der Waals surface area contributed by atoms with Gasteiger partial charge in [0.25, 0.3) is 5.91 Å². The monoisotopic (exact) mass is 279 g/mol. The smallest absolute Gasteiger partial charge is 0.326 e. The molecule has 6 heteroatoms. The van der Waals surface area contributed by atoms with Crippen LogP contribution in [0.25, 0.3) is 0 Å². The number of hydrogen-bond acceptors (Lipinski definition) is 4. The summed E-state index contributed by atoms with van der Waals surface area (Å²) >= 11 is 0. The second-order valence-electron chi connectivity index (χ2n) is 4.60. The van der Waals surface area contributed by atoms with E-state index in [1.54, 1.807) is 6.07 Å². The molecule has 2 atom stereocenters. The molecule has 0 spiro atoms. The van der Waals surface area contributed by atoms with Crippen LogP contribution in [0.4, 0.5) is 0 Å². The third-order valence-corrected chi connectivity index (χ3v) is 3.16. The van der Waals surface area contributed by atoms with Crippen LogP contribution in [0.1, 0.15) is 12.0 Å². The van der Waals surface area contributed by atoms with E-state index in [0.29, 0.717) is 12.2 Å². The van der Waals surface area contributed by atoms with Crippen LogP contribution in [0.5, 0.6) is 5.75 Å². The standard InChI is InChI=1S/C14H17NO5/c1-19-7-6-10(14(17)18)15-13(16)12-8-9-4-2-3-5-11(9)20-12/h2-5,10,12H,6-8H2,1H3,(H,15,16)(H,17,18)/t10-,12-/m1/s1. The summed E-state index contributed by atoms with van der Waals surface area (Å²) in [6.07, 6.45) is 0.00682. The van der Waals surface area contributed by atoms with Crippen molar-refractivity contribution < 1.29 is 24.2 Å². The van der Waals surface area contributed by atoms with Gasteiger partial charge in [-0.2, -0.15) is 0 Å². The highest BCUT2D eigenvalue weighted by atomic mass is 16.5. The lowest BCUT2D eigenvalue weighted by molar-refractivity contribution is -0.143. The van der Waals surface area contributed by atoms with E-state index in [1.165, 1.54) is 7.11 Å². The maximum absolute atomic E-state index is 12.1. The number of methoxy groups -OCH3 is 1. The van der Waals surface area contributed by atoms with Crippen LogP contribution in [-0.2, 0) is 20.7 Å². The Labute approximate surface area is 116 Å². The minimum atomic E-state index is -1.08. The Balaban J connectivity index is 1.94. The van der Waals surface area contributed by atoms with E-state index in [9.17, 15) is 9.59 Å². The Bertz CT molecular complexity index is 477. The summed E-state index contributed by atoms with van der Waals surface area (Å²) in [6, 6.07) is 6.43. The van der Waals surface area contributed by atoms with Crippen LogP contribution < -0.4 is 10.1 Å². The summed E-state index contributed by atoms with van der Waals surface area (Å²) in [5.41, 5.74) is 0.955. The van der Waals surface area contributed by atoms with Crippen molar-refractivity contribution in [3.63, 3.8) is 0 Å². The van der Waals surface area contributed by atoms with Gasteiger partial charge in [-0.1, -0.05) is 18.2 Å². The Kier molecular flexibility index (Phi) is 4.57. The first-order chi connectivity index (χ1) is 9.61. The maximum atomic E-state index is 12.1. The molecule has 0 bridgehead atoms. The van der Waals surface area contributed by atoms with Crippen LogP contribution in [0.3, 0.4) is 0 Å². The predicted octanol–water partition coefficient (Wildman–Crippen LogP) is 0.596. The summed E-state index contributed by atoms with van der Waals surface area (Å²) in [4.78, 5) is 23.1. The number of carbonyl (C=O) groups is 2. The average molecular weight is 279 g/mol. The normalized spacial score (nSPS) is 17.9. The molecule has 1 aromatic rings. The highest BCUT2D eigenvalue weighted by Gasteiger charge is 2.31. The van der Waals surface area contributed by atoms with Gasteiger partial charge in [-0.15, -0.1) is 0 Å². The summed E-state index contributed by atoms with van der Waals surface area (Å²) in [7, 11) is 1.48. The number of hydrogen-bond donors (Lipinski definition) is 2. The average Bonchev–Trinajstić information content (AvgIpc) is 2.86. The Morgan fingerprint density at radius 1 is 1.50 bits per heavy atom. The Hall–Kier alpha value is -2.08. The van der Waals surface area contributed by atoms with Crippen LogP contribution in [-0.4, -0.2) is 42.8 Å². The fraction of sp³-hybridized carbons (Fsp3) is 0.429. The lowest BCUT2D eigenvalue weighted by Gasteiger charge is -2.17. The molecule has 0 saturated heterocycles. The lowest BCUT2D eigenvalue weighted by atomic mass is 10.1. The molecule has 0 saturated carbocycles. The summed E-state index contributed by atoms with van der Waals surface area (Å²) in [5, 5.41) is 11.5. The highest BCUT2D eigenvalue weighted by Crippen LogP contribution is 2.28. The molecule has 20 heavy (non-hydrogen) atoms. The summed E-state index contributed by atoms with van der Waals surface area (Å²) < 4.78 is 10.4. The number of ether oxygens (including phenoxy) is 2. The van der Waals surface area contributed by atoms with Gasteiger partial charge in [0, 0.05) is 26.6 Å². The van der Waals surface area contributed by atoms with E-state index in [2.05, 4.69) is 5.32 Å². The van der Waals surface area contributed by atoms with E-state index in [1.807, 2.05) is 18.2 Å². The van der Waals surface area contributed by atoms with Crippen molar-refractivity contribution in [1.82, 2.24) is 5.32 Å². The van der Waals surface area contributed by atoms with E-state index in [0.717, 1.165) is 5.56 Å². The zero-order valence-corrected chi connectivity index (χ0v) is 11.2. The molecule has 1 amide bonds. The van der Waals surface area contributed by atoms with Crippen molar-refractivity contribution in [2.75, 3.05) is 13.7 Å². The molecule has 2 rings (SSSR count). The molecule has 0 radical (unpaired) electrons. The number of fused-ring (bicyclic) bond motifs is 1. The van der Waals surface area contributed by atoms with E-state index in [4.69, 9.17) is 14.6 Å². The second kappa shape index (κ2) is 6.38. The number of carbonyl (C=O) groups excluding carboxylic acids is 1. The fourth-order valence-corrected chi connectivity index (χ4v) is 2.09. The molecule has 2 N–H and O–H groups in total. The minimum absolute atomic E-state index is 0.219. The van der Waals surface area contributed by atoms with E-state index >= 15 is 0 Å². The molecular formula is C14H17NO5. The molecule has 108 valence electrons.